The van der Waals surface area contributed by atoms with E-state index in [1.807, 2.05) is 0 Å². The molecule has 1 nitrogen and oxygen atoms in total. The summed E-state index contributed by atoms with van der Waals surface area (Å²) in [4.78, 5) is 0. The van der Waals surface area contributed by atoms with E-state index in [0.29, 0.717) is 5.88 Å². The van der Waals surface area contributed by atoms with Gasteiger partial charge in [-0.05, 0) is 26.3 Å². The molecular formula is C12H26ClN. The summed E-state index contributed by atoms with van der Waals surface area (Å²) in [5.74, 6) is 0.707. The largest absolute Gasteiger partial charge is 0.310 e. The molecule has 0 aromatic heterocycles. The highest BCUT2D eigenvalue weighted by molar-refractivity contribution is 6.18. The summed E-state index contributed by atoms with van der Waals surface area (Å²) in [5, 5.41) is 3.54. The van der Waals surface area contributed by atoms with Gasteiger partial charge in [-0.1, -0.05) is 39.5 Å². The fourth-order valence-corrected chi connectivity index (χ4v) is 1.67. The number of rotatable bonds is 9. The van der Waals surface area contributed by atoms with Gasteiger partial charge in [-0.2, -0.15) is 0 Å². The van der Waals surface area contributed by atoms with E-state index in [9.17, 15) is 0 Å². The van der Waals surface area contributed by atoms with Gasteiger partial charge in [0.25, 0.3) is 0 Å². The lowest BCUT2D eigenvalue weighted by Gasteiger charge is -2.27. The Hall–Kier alpha value is 0.250. The third-order valence-electron chi connectivity index (χ3n) is 2.91. The van der Waals surface area contributed by atoms with Crippen molar-refractivity contribution in [2.75, 3.05) is 12.4 Å². The number of hydrogen-bond donors (Lipinski definition) is 1. The second-order valence-electron chi connectivity index (χ2n) is 4.39. The summed E-state index contributed by atoms with van der Waals surface area (Å²) in [6, 6.07) is 0. The van der Waals surface area contributed by atoms with Crippen LogP contribution in [0.5, 0.6) is 0 Å². The summed E-state index contributed by atoms with van der Waals surface area (Å²) >= 11 is 5.91. The van der Waals surface area contributed by atoms with Crippen molar-refractivity contribution >= 4 is 11.6 Å². The molecule has 0 saturated heterocycles. The molecular weight excluding hydrogens is 194 g/mol. The van der Waals surface area contributed by atoms with Gasteiger partial charge in [-0.25, -0.2) is 0 Å². The van der Waals surface area contributed by atoms with Crippen molar-refractivity contribution in [2.45, 2.75) is 64.8 Å². The van der Waals surface area contributed by atoms with Crippen molar-refractivity contribution in [1.29, 1.82) is 0 Å². The lowest BCUT2D eigenvalue weighted by atomic mass is 10.0. The van der Waals surface area contributed by atoms with Crippen LogP contribution in [0.2, 0.25) is 0 Å². The molecule has 86 valence electrons. The molecule has 0 radical (unpaired) electrons. The average Bonchev–Trinajstić information content (AvgIpc) is 2.23. The molecule has 0 fully saturated rings. The SMILES string of the molecule is CCCCCCCNC(C)(CC)CCl. The molecule has 0 aromatic carbocycles. The van der Waals surface area contributed by atoms with E-state index in [-0.39, 0.29) is 5.54 Å². The van der Waals surface area contributed by atoms with Crippen LogP contribution in [0.4, 0.5) is 0 Å². The Bertz CT molecular complexity index is 121. The van der Waals surface area contributed by atoms with Crippen LogP contribution in [-0.2, 0) is 0 Å². The van der Waals surface area contributed by atoms with Gasteiger partial charge in [0, 0.05) is 11.4 Å². The Morgan fingerprint density at radius 3 is 2.21 bits per heavy atom. The van der Waals surface area contributed by atoms with Gasteiger partial charge >= 0.3 is 0 Å². The number of hydrogen-bond acceptors (Lipinski definition) is 1. The first-order valence-electron chi connectivity index (χ1n) is 5.99. The van der Waals surface area contributed by atoms with Crippen LogP contribution in [0.15, 0.2) is 0 Å². The minimum absolute atomic E-state index is 0.145. The zero-order valence-electron chi connectivity index (χ0n) is 10.0. The number of nitrogens with one attached hydrogen (secondary N) is 1. The molecule has 0 aliphatic heterocycles. The fourth-order valence-electron chi connectivity index (χ4n) is 1.39. The number of unbranched alkanes of at least 4 members (excludes halogenated alkanes) is 4. The molecule has 0 aromatic rings. The Kier molecular flexibility index (Phi) is 8.70. The van der Waals surface area contributed by atoms with Gasteiger partial charge in [0.15, 0.2) is 0 Å². The highest BCUT2D eigenvalue weighted by atomic mass is 35.5. The summed E-state index contributed by atoms with van der Waals surface area (Å²) in [5.41, 5.74) is 0.145. The van der Waals surface area contributed by atoms with E-state index in [1.54, 1.807) is 0 Å². The standard InChI is InChI=1S/C12H26ClN/c1-4-6-7-8-9-10-14-12(3,5-2)11-13/h14H,4-11H2,1-3H3. The highest BCUT2D eigenvalue weighted by Gasteiger charge is 2.18. The Morgan fingerprint density at radius 1 is 1.07 bits per heavy atom. The predicted molar refractivity (Wildman–Crippen MR) is 66.2 cm³/mol. The van der Waals surface area contributed by atoms with Crippen molar-refractivity contribution in [2.24, 2.45) is 0 Å². The van der Waals surface area contributed by atoms with Crippen LogP contribution in [0.25, 0.3) is 0 Å². The summed E-state index contributed by atoms with van der Waals surface area (Å²) < 4.78 is 0. The molecule has 1 atom stereocenters. The number of alkyl halides is 1. The summed E-state index contributed by atoms with van der Waals surface area (Å²) in [6.07, 6.45) is 7.81. The van der Waals surface area contributed by atoms with Crippen LogP contribution < -0.4 is 5.32 Å². The molecule has 0 spiro atoms. The second kappa shape index (κ2) is 8.55. The second-order valence-corrected chi connectivity index (χ2v) is 4.66. The summed E-state index contributed by atoms with van der Waals surface area (Å²) in [6.45, 7) is 7.75. The molecule has 14 heavy (non-hydrogen) atoms. The van der Waals surface area contributed by atoms with Crippen molar-refractivity contribution in [3.05, 3.63) is 0 Å². The Labute approximate surface area is 94.6 Å². The fraction of sp³-hybridized carbons (Fsp3) is 1.00. The van der Waals surface area contributed by atoms with Gasteiger partial charge in [-0.3, -0.25) is 0 Å². The van der Waals surface area contributed by atoms with E-state index in [1.165, 1.54) is 32.1 Å². The molecule has 0 aliphatic rings. The van der Waals surface area contributed by atoms with Gasteiger partial charge in [0.05, 0.1) is 0 Å². The highest BCUT2D eigenvalue weighted by Crippen LogP contribution is 2.11. The minimum atomic E-state index is 0.145. The minimum Gasteiger partial charge on any atom is -0.310 e. The average molecular weight is 220 g/mol. The molecule has 0 aliphatic carbocycles. The van der Waals surface area contributed by atoms with E-state index < -0.39 is 0 Å². The lowest BCUT2D eigenvalue weighted by Crippen LogP contribution is -2.43. The van der Waals surface area contributed by atoms with Crippen molar-refractivity contribution in [1.82, 2.24) is 5.32 Å². The van der Waals surface area contributed by atoms with Gasteiger partial charge in [0.1, 0.15) is 0 Å². The molecule has 0 amide bonds. The predicted octanol–water partition coefficient (Wildman–Crippen LogP) is 3.95. The van der Waals surface area contributed by atoms with Crippen molar-refractivity contribution in [3.8, 4) is 0 Å². The molecule has 0 rings (SSSR count). The molecule has 1 unspecified atom stereocenters. The Balaban J connectivity index is 3.34. The first-order chi connectivity index (χ1) is 6.68. The van der Waals surface area contributed by atoms with Crippen LogP contribution in [0.3, 0.4) is 0 Å². The maximum absolute atomic E-state index is 5.91. The summed E-state index contributed by atoms with van der Waals surface area (Å²) in [7, 11) is 0. The van der Waals surface area contributed by atoms with Crippen LogP contribution in [-0.4, -0.2) is 18.0 Å². The van der Waals surface area contributed by atoms with Crippen molar-refractivity contribution < 1.29 is 0 Å². The zero-order chi connectivity index (χ0) is 10.9. The van der Waals surface area contributed by atoms with E-state index >= 15 is 0 Å². The number of halogens is 1. The lowest BCUT2D eigenvalue weighted by molar-refractivity contribution is 0.375. The van der Waals surface area contributed by atoms with E-state index in [0.717, 1.165) is 13.0 Å². The van der Waals surface area contributed by atoms with Gasteiger partial charge < -0.3 is 5.32 Å². The molecule has 0 saturated carbocycles. The molecule has 1 N–H and O–H groups in total. The zero-order valence-corrected chi connectivity index (χ0v) is 10.8. The van der Waals surface area contributed by atoms with E-state index in [2.05, 4.69) is 26.1 Å². The first kappa shape index (κ1) is 14.2. The van der Waals surface area contributed by atoms with Crippen LogP contribution in [0.1, 0.15) is 59.3 Å². The van der Waals surface area contributed by atoms with Gasteiger partial charge in [0.2, 0.25) is 0 Å². The third kappa shape index (κ3) is 6.67. The van der Waals surface area contributed by atoms with Gasteiger partial charge in [-0.15, -0.1) is 11.6 Å². The van der Waals surface area contributed by atoms with Crippen LogP contribution in [0, 0.1) is 0 Å². The molecule has 0 bridgehead atoms. The molecule has 2 heteroatoms. The molecule has 0 heterocycles. The third-order valence-corrected chi connectivity index (χ3v) is 3.50. The topological polar surface area (TPSA) is 12.0 Å². The smallest absolute Gasteiger partial charge is 0.0403 e. The first-order valence-corrected chi connectivity index (χ1v) is 6.53. The van der Waals surface area contributed by atoms with Crippen molar-refractivity contribution in [3.63, 3.8) is 0 Å². The normalized spacial score (nSPS) is 15.4. The Morgan fingerprint density at radius 2 is 1.71 bits per heavy atom. The van der Waals surface area contributed by atoms with E-state index in [4.69, 9.17) is 11.6 Å². The van der Waals surface area contributed by atoms with Crippen LogP contribution >= 0.6 is 11.6 Å². The maximum atomic E-state index is 5.91. The quantitative estimate of drug-likeness (QED) is 0.457. The monoisotopic (exact) mass is 219 g/mol. The maximum Gasteiger partial charge on any atom is 0.0403 e.